The Balaban J connectivity index is 2.09. The van der Waals surface area contributed by atoms with Gasteiger partial charge in [-0.25, -0.2) is 0 Å². The molecule has 0 radical (unpaired) electrons. The lowest BCUT2D eigenvalue weighted by Crippen LogP contribution is -2.42. The first-order valence-corrected chi connectivity index (χ1v) is 7.22. The average Bonchev–Trinajstić information content (AvgIpc) is 2.44. The second-order valence-corrected chi connectivity index (χ2v) is 5.90. The van der Waals surface area contributed by atoms with Crippen LogP contribution in [0.4, 0.5) is 0 Å². The van der Waals surface area contributed by atoms with Crippen molar-refractivity contribution in [3.05, 3.63) is 29.3 Å². The molecule has 20 heavy (non-hydrogen) atoms. The highest BCUT2D eigenvalue weighted by Crippen LogP contribution is 2.34. The molecule has 0 aromatic heterocycles. The van der Waals surface area contributed by atoms with Gasteiger partial charge in [0.15, 0.2) is 0 Å². The summed E-state index contributed by atoms with van der Waals surface area (Å²) < 4.78 is 5.26. The third kappa shape index (κ3) is 3.32. The summed E-state index contributed by atoms with van der Waals surface area (Å²) in [6, 6.07) is 6.19. The molecule has 0 saturated heterocycles. The van der Waals surface area contributed by atoms with E-state index < -0.39 is 6.10 Å². The third-order valence-electron chi connectivity index (χ3n) is 4.21. The van der Waals surface area contributed by atoms with Crippen molar-refractivity contribution in [1.29, 1.82) is 0 Å². The molecule has 0 amide bonds. The minimum Gasteiger partial charge on any atom is -0.497 e. The smallest absolute Gasteiger partial charge is 0.119 e. The second-order valence-electron chi connectivity index (χ2n) is 5.90. The van der Waals surface area contributed by atoms with Gasteiger partial charge in [0.05, 0.1) is 13.2 Å². The molecule has 2 atom stereocenters. The minimum atomic E-state index is -0.406. The zero-order valence-corrected chi connectivity index (χ0v) is 13.0. The number of hydrogen-bond acceptors (Lipinski definition) is 4. The van der Waals surface area contributed by atoms with Crippen LogP contribution in [0.5, 0.6) is 5.75 Å². The molecule has 1 aromatic carbocycles. The molecule has 1 aromatic rings. The van der Waals surface area contributed by atoms with Crippen LogP contribution in [0.1, 0.15) is 23.7 Å². The van der Waals surface area contributed by atoms with E-state index in [4.69, 9.17) is 4.74 Å². The van der Waals surface area contributed by atoms with E-state index in [0.717, 1.165) is 37.2 Å². The standard InChI is InChI=1S/C16H26N2O2/c1-17(2)9-10-18(3)15-8-5-12-11-13(20-4)6-7-14(12)16(15)19/h6-7,11,15-16,19H,5,8-10H2,1-4H3. The van der Waals surface area contributed by atoms with Crippen LogP contribution in [0, 0.1) is 0 Å². The second kappa shape index (κ2) is 6.57. The summed E-state index contributed by atoms with van der Waals surface area (Å²) in [6.45, 7) is 1.98. The van der Waals surface area contributed by atoms with Gasteiger partial charge in [-0.1, -0.05) is 6.07 Å². The van der Waals surface area contributed by atoms with Crippen LogP contribution < -0.4 is 4.74 Å². The van der Waals surface area contributed by atoms with Gasteiger partial charge in [0, 0.05) is 19.1 Å². The number of ether oxygens (including phenoxy) is 1. The molecule has 2 rings (SSSR count). The lowest BCUT2D eigenvalue weighted by atomic mass is 9.85. The van der Waals surface area contributed by atoms with E-state index in [1.165, 1.54) is 5.56 Å². The Kier molecular flexibility index (Phi) is 5.02. The third-order valence-corrected chi connectivity index (χ3v) is 4.21. The number of aliphatic hydroxyl groups excluding tert-OH is 1. The summed E-state index contributed by atoms with van der Waals surface area (Å²) in [5, 5.41) is 10.6. The summed E-state index contributed by atoms with van der Waals surface area (Å²) in [5.74, 6) is 0.871. The summed E-state index contributed by atoms with van der Waals surface area (Å²) in [5.41, 5.74) is 2.27. The predicted molar refractivity (Wildman–Crippen MR) is 81.2 cm³/mol. The molecule has 0 fully saturated rings. The Labute approximate surface area is 122 Å². The molecule has 1 aliphatic carbocycles. The van der Waals surface area contributed by atoms with E-state index in [2.05, 4.69) is 37.0 Å². The lowest BCUT2D eigenvalue weighted by Gasteiger charge is -2.37. The maximum atomic E-state index is 10.6. The van der Waals surface area contributed by atoms with Crippen molar-refractivity contribution in [3.8, 4) is 5.75 Å². The van der Waals surface area contributed by atoms with Crippen molar-refractivity contribution in [1.82, 2.24) is 9.80 Å². The number of aliphatic hydroxyl groups is 1. The average molecular weight is 278 g/mol. The van der Waals surface area contributed by atoms with Crippen LogP contribution in [0.25, 0.3) is 0 Å². The van der Waals surface area contributed by atoms with Gasteiger partial charge in [-0.05, 0) is 57.2 Å². The maximum Gasteiger partial charge on any atom is 0.119 e. The van der Waals surface area contributed by atoms with Crippen LogP contribution in [0.3, 0.4) is 0 Å². The van der Waals surface area contributed by atoms with Crippen LogP contribution in [-0.4, -0.2) is 62.3 Å². The summed E-state index contributed by atoms with van der Waals surface area (Å²) in [6.07, 6.45) is 1.59. The zero-order valence-electron chi connectivity index (χ0n) is 13.0. The van der Waals surface area contributed by atoms with Crippen LogP contribution >= 0.6 is 0 Å². The van der Waals surface area contributed by atoms with E-state index in [1.807, 2.05) is 12.1 Å². The Morgan fingerprint density at radius 2 is 2.00 bits per heavy atom. The van der Waals surface area contributed by atoms with Crippen molar-refractivity contribution in [3.63, 3.8) is 0 Å². The van der Waals surface area contributed by atoms with Crippen molar-refractivity contribution in [2.24, 2.45) is 0 Å². The van der Waals surface area contributed by atoms with Crippen molar-refractivity contribution in [2.45, 2.75) is 25.0 Å². The fourth-order valence-electron chi connectivity index (χ4n) is 2.87. The highest BCUT2D eigenvalue weighted by molar-refractivity contribution is 5.39. The fraction of sp³-hybridized carbons (Fsp3) is 0.625. The number of rotatable bonds is 5. The lowest BCUT2D eigenvalue weighted by molar-refractivity contribution is 0.0471. The number of nitrogens with zero attached hydrogens (tertiary/aromatic N) is 2. The molecule has 2 unspecified atom stereocenters. The SMILES string of the molecule is COc1ccc2c(c1)CCC(N(C)CCN(C)C)C2O. The molecule has 112 valence electrons. The highest BCUT2D eigenvalue weighted by Gasteiger charge is 2.30. The number of benzene rings is 1. The predicted octanol–water partition coefficient (Wildman–Crippen LogP) is 1.54. The van der Waals surface area contributed by atoms with E-state index in [-0.39, 0.29) is 6.04 Å². The molecule has 0 spiro atoms. The zero-order chi connectivity index (χ0) is 14.7. The number of methoxy groups -OCH3 is 1. The van der Waals surface area contributed by atoms with E-state index in [1.54, 1.807) is 7.11 Å². The van der Waals surface area contributed by atoms with Crippen LogP contribution in [-0.2, 0) is 6.42 Å². The molecule has 0 heterocycles. The summed E-state index contributed by atoms with van der Waals surface area (Å²) >= 11 is 0. The largest absolute Gasteiger partial charge is 0.497 e. The fourth-order valence-corrected chi connectivity index (χ4v) is 2.87. The number of likely N-dealkylation sites (N-methyl/N-ethyl adjacent to an activating group) is 2. The van der Waals surface area contributed by atoms with Crippen molar-refractivity contribution in [2.75, 3.05) is 41.3 Å². The highest BCUT2D eigenvalue weighted by atomic mass is 16.5. The normalized spacial score (nSPS) is 22.1. The van der Waals surface area contributed by atoms with E-state index in [9.17, 15) is 5.11 Å². The van der Waals surface area contributed by atoms with Gasteiger partial charge in [-0.2, -0.15) is 0 Å². The molecule has 4 nitrogen and oxygen atoms in total. The maximum absolute atomic E-state index is 10.6. The summed E-state index contributed by atoms with van der Waals surface area (Å²) in [4.78, 5) is 4.45. The number of aryl methyl sites for hydroxylation is 1. The Morgan fingerprint density at radius 3 is 2.65 bits per heavy atom. The van der Waals surface area contributed by atoms with Gasteiger partial charge in [0.25, 0.3) is 0 Å². The van der Waals surface area contributed by atoms with Crippen molar-refractivity contribution >= 4 is 0 Å². The quantitative estimate of drug-likeness (QED) is 0.886. The van der Waals surface area contributed by atoms with E-state index in [0.29, 0.717) is 0 Å². The minimum absolute atomic E-state index is 0.204. The molecule has 1 aliphatic rings. The monoisotopic (exact) mass is 278 g/mol. The molecule has 0 saturated carbocycles. The topological polar surface area (TPSA) is 35.9 Å². The van der Waals surface area contributed by atoms with Gasteiger partial charge in [0.2, 0.25) is 0 Å². The molecular formula is C16H26N2O2. The molecule has 0 aliphatic heterocycles. The molecule has 4 heteroatoms. The van der Waals surface area contributed by atoms with Gasteiger partial charge >= 0.3 is 0 Å². The Bertz CT molecular complexity index is 448. The Morgan fingerprint density at radius 1 is 1.25 bits per heavy atom. The van der Waals surface area contributed by atoms with E-state index >= 15 is 0 Å². The first-order valence-electron chi connectivity index (χ1n) is 7.22. The molecular weight excluding hydrogens is 252 g/mol. The number of fused-ring (bicyclic) bond motifs is 1. The van der Waals surface area contributed by atoms with Crippen LogP contribution in [0.2, 0.25) is 0 Å². The molecule has 0 bridgehead atoms. The van der Waals surface area contributed by atoms with Gasteiger partial charge in [-0.3, -0.25) is 4.90 Å². The summed E-state index contributed by atoms with van der Waals surface area (Å²) in [7, 11) is 7.93. The first-order chi connectivity index (χ1) is 9.52. The van der Waals surface area contributed by atoms with Gasteiger partial charge in [-0.15, -0.1) is 0 Å². The van der Waals surface area contributed by atoms with Gasteiger partial charge < -0.3 is 14.7 Å². The molecule has 1 N–H and O–H groups in total. The van der Waals surface area contributed by atoms with Crippen LogP contribution in [0.15, 0.2) is 18.2 Å². The number of hydrogen-bond donors (Lipinski definition) is 1. The first kappa shape index (κ1) is 15.3. The van der Waals surface area contributed by atoms with Crippen molar-refractivity contribution < 1.29 is 9.84 Å². The van der Waals surface area contributed by atoms with Gasteiger partial charge in [0.1, 0.15) is 5.75 Å². The Hall–Kier alpha value is -1.10.